The molecule has 19 heavy (non-hydrogen) atoms. The molecule has 0 saturated carbocycles. The summed E-state index contributed by atoms with van der Waals surface area (Å²) >= 11 is 0. The Hall–Kier alpha value is -2.64. The normalized spacial score (nSPS) is 10.4. The van der Waals surface area contributed by atoms with Crippen molar-refractivity contribution in [1.82, 2.24) is 20.0 Å². The van der Waals surface area contributed by atoms with Crippen LogP contribution in [-0.4, -0.2) is 37.0 Å². The molecule has 0 aliphatic heterocycles. The number of carbonyl (C=O) groups is 2. The Bertz CT molecular complexity index is 588. The van der Waals surface area contributed by atoms with E-state index in [4.69, 9.17) is 5.11 Å². The average Bonchev–Trinajstić information content (AvgIpc) is 2.96. The molecule has 0 fully saturated rings. The van der Waals surface area contributed by atoms with Crippen LogP contribution in [0.4, 0.5) is 5.69 Å². The van der Waals surface area contributed by atoms with Crippen molar-refractivity contribution in [2.75, 3.05) is 5.32 Å². The molecule has 0 bridgehead atoms. The standard InChI is InChI=1S/C11H13N5O3/c1-7-10(11(18)19)8(6-12-7)14-9(17)2-4-16-5-3-13-15-16/h3,5-6,12H,2,4H2,1H3,(H,14,17)(H,18,19). The number of rotatable bonds is 5. The number of hydrogen-bond acceptors (Lipinski definition) is 4. The summed E-state index contributed by atoms with van der Waals surface area (Å²) in [6.45, 7) is 2.02. The minimum atomic E-state index is -1.08. The quantitative estimate of drug-likeness (QED) is 0.732. The Balaban J connectivity index is 1.97. The molecule has 2 heterocycles. The van der Waals surface area contributed by atoms with Gasteiger partial charge in [-0.3, -0.25) is 9.48 Å². The van der Waals surface area contributed by atoms with Gasteiger partial charge in [0.15, 0.2) is 0 Å². The van der Waals surface area contributed by atoms with Gasteiger partial charge in [-0.05, 0) is 6.92 Å². The van der Waals surface area contributed by atoms with E-state index in [1.54, 1.807) is 13.1 Å². The molecular formula is C11H13N5O3. The summed E-state index contributed by atoms with van der Waals surface area (Å²) in [5, 5.41) is 19.0. The van der Waals surface area contributed by atoms with E-state index in [-0.39, 0.29) is 23.6 Å². The van der Waals surface area contributed by atoms with Crippen LogP contribution in [0, 0.1) is 6.92 Å². The molecule has 8 nitrogen and oxygen atoms in total. The fraction of sp³-hybridized carbons (Fsp3) is 0.273. The fourth-order valence-corrected chi connectivity index (χ4v) is 1.68. The molecule has 100 valence electrons. The number of carbonyl (C=O) groups excluding carboxylic acids is 1. The van der Waals surface area contributed by atoms with Crippen LogP contribution >= 0.6 is 0 Å². The van der Waals surface area contributed by atoms with Crippen LogP contribution < -0.4 is 5.32 Å². The van der Waals surface area contributed by atoms with E-state index in [1.807, 2.05) is 0 Å². The Labute approximate surface area is 108 Å². The second-order valence-electron chi connectivity index (χ2n) is 3.97. The number of carboxylic acid groups (broad SMARTS) is 1. The summed E-state index contributed by atoms with van der Waals surface area (Å²) in [5.41, 5.74) is 0.849. The van der Waals surface area contributed by atoms with E-state index in [2.05, 4.69) is 20.6 Å². The third-order valence-electron chi connectivity index (χ3n) is 2.61. The van der Waals surface area contributed by atoms with E-state index < -0.39 is 5.97 Å². The number of hydrogen-bond donors (Lipinski definition) is 3. The number of H-pyrrole nitrogens is 1. The minimum Gasteiger partial charge on any atom is -0.478 e. The molecule has 0 aliphatic rings. The maximum absolute atomic E-state index is 11.7. The molecule has 0 saturated heterocycles. The lowest BCUT2D eigenvalue weighted by Crippen LogP contribution is -2.16. The Kier molecular flexibility index (Phi) is 3.60. The summed E-state index contributed by atoms with van der Waals surface area (Å²) in [6.07, 6.45) is 4.82. The van der Waals surface area contributed by atoms with Gasteiger partial charge in [0.2, 0.25) is 5.91 Å². The van der Waals surface area contributed by atoms with Crippen LogP contribution in [0.1, 0.15) is 22.5 Å². The van der Waals surface area contributed by atoms with Crippen LogP contribution in [0.5, 0.6) is 0 Å². The smallest absolute Gasteiger partial charge is 0.339 e. The van der Waals surface area contributed by atoms with Crippen LogP contribution in [0.2, 0.25) is 0 Å². The summed E-state index contributed by atoms with van der Waals surface area (Å²) in [4.78, 5) is 25.5. The third-order valence-corrected chi connectivity index (χ3v) is 2.61. The molecule has 2 aromatic heterocycles. The molecule has 0 atom stereocenters. The van der Waals surface area contributed by atoms with Crippen molar-refractivity contribution in [3.63, 3.8) is 0 Å². The molecule has 0 spiro atoms. The number of nitrogens with one attached hydrogen (secondary N) is 2. The van der Waals surface area contributed by atoms with Gasteiger partial charge in [0, 0.05) is 24.5 Å². The molecule has 0 unspecified atom stereocenters. The van der Waals surface area contributed by atoms with Crippen molar-refractivity contribution in [2.24, 2.45) is 0 Å². The summed E-state index contributed by atoms with van der Waals surface area (Å²) in [6, 6.07) is 0. The number of aromatic carboxylic acids is 1. The van der Waals surface area contributed by atoms with Crippen LogP contribution in [0.3, 0.4) is 0 Å². The highest BCUT2D eigenvalue weighted by molar-refractivity contribution is 6.01. The monoisotopic (exact) mass is 263 g/mol. The number of anilines is 1. The zero-order valence-corrected chi connectivity index (χ0v) is 10.3. The van der Waals surface area contributed by atoms with Gasteiger partial charge < -0.3 is 15.4 Å². The van der Waals surface area contributed by atoms with Crippen LogP contribution in [-0.2, 0) is 11.3 Å². The van der Waals surface area contributed by atoms with Crippen molar-refractivity contribution in [3.8, 4) is 0 Å². The number of amides is 1. The van der Waals surface area contributed by atoms with Gasteiger partial charge >= 0.3 is 5.97 Å². The van der Waals surface area contributed by atoms with Crippen molar-refractivity contribution >= 4 is 17.6 Å². The third kappa shape index (κ3) is 2.97. The first-order valence-electron chi connectivity index (χ1n) is 5.63. The van der Waals surface area contributed by atoms with E-state index in [0.717, 1.165) is 0 Å². The van der Waals surface area contributed by atoms with E-state index in [1.165, 1.54) is 17.1 Å². The average molecular weight is 263 g/mol. The molecule has 0 radical (unpaired) electrons. The lowest BCUT2D eigenvalue weighted by molar-refractivity contribution is -0.116. The zero-order valence-electron chi connectivity index (χ0n) is 10.3. The summed E-state index contributed by atoms with van der Waals surface area (Å²) in [7, 11) is 0. The van der Waals surface area contributed by atoms with Gasteiger partial charge in [0.25, 0.3) is 0 Å². The van der Waals surface area contributed by atoms with E-state index >= 15 is 0 Å². The fourth-order valence-electron chi connectivity index (χ4n) is 1.68. The number of carboxylic acids is 1. The maximum Gasteiger partial charge on any atom is 0.339 e. The molecule has 2 aromatic rings. The maximum atomic E-state index is 11.7. The predicted octanol–water partition coefficient (Wildman–Crippen LogP) is 0.642. The number of aromatic amines is 1. The van der Waals surface area contributed by atoms with Crippen LogP contribution in [0.25, 0.3) is 0 Å². The van der Waals surface area contributed by atoms with Crippen molar-refractivity contribution in [3.05, 3.63) is 29.8 Å². The largest absolute Gasteiger partial charge is 0.478 e. The van der Waals surface area contributed by atoms with Gasteiger partial charge in [-0.15, -0.1) is 5.10 Å². The van der Waals surface area contributed by atoms with E-state index in [9.17, 15) is 9.59 Å². The van der Waals surface area contributed by atoms with Crippen molar-refractivity contribution < 1.29 is 14.7 Å². The minimum absolute atomic E-state index is 0.0779. The highest BCUT2D eigenvalue weighted by atomic mass is 16.4. The number of aryl methyl sites for hydroxylation is 2. The molecule has 0 aliphatic carbocycles. The summed E-state index contributed by atoms with van der Waals surface area (Å²) in [5.74, 6) is -1.36. The predicted molar refractivity (Wildman–Crippen MR) is 65.8 cm³/mol. The second-order valence-corrected chi connectivity index (χ2v) is 3.97. The molecular weight excluding hydrogens is 250 g/mol. The second kappa shape index (κ2) is 5.34. The number of nitrogens with zero attached hydrogens (tertiary/aromatic N) is 3. The van der Waals surface area contributed by atoms with Gasteiger partial charge in [0.05, 0.1) is 18.4 Å². The van der Waals surface area contributed by atoms with Gasteiger partial charge in [-0.1, -0.05) is 5.21 Å². The van der Waals surface area contributed by atoms with Gasteiger partial charge in [-0.25, -0.2) is 4.79 Å². The lowest BCUT2D eigenvalue weighted by Gasteiger charge is -2.04. The first-order chi connectivity index (χ1) is 9.08. The Morgan fingerprint density at radius 3 is 2.95 bits per heavy atom. The van der Waals surface area contributed by atoms with Crippen molar-refractivity contribution in [1.29, 1.82) is 0 Å². The lowest BCUT2D eigenvalue weighted by atomic mass is 10.2. The SMILES string of the molecule is Cc1[nH]cc(NC(=O)CCn2ccnn2)c1C(=O)O. The first kappa shape index (κ1) is 12.8. The molecule has 0 aromatic carbocycles. The molecule has 1 amide bonds. The number of aromatic nitrogens is 4. The van der Waals surface area contributed by atoms with Gasteiger partial charge in [0.1, 0.15) is 5.56 Å². The first-order valence-corrected chi connectivity index (χ1v) is 5.63. The molecule has 3 N–H and O–H groups in total. The molecule has 8 heteroatoms. The zero-order chi connectivity index (χ0) is 13.8. The van der Waals surface area contributed by atoms with E-state index in [0.29, 0.717) is 12.2 Å². The Morgan fingerprint density at radius 2 is 2.32 bits per heavy atom. The highest BCUT2D eigenvalue weighted by Gasteiger charge is 2.16. The molecule has 2 rings (SSSR count). The van der Waals surface area contributed by atoms with Crippen molar-refractivity contribution in [2.45, 2.75) is 19.9 Å². The van der Waals surface area contributed by atoms with Crippen LogP contribution in [0.15, 0.2) is 18.6 Å². The highest BCUT2D eigenvalue weighted by Crippen LogP contribution is 2.19. The summed E-state index contributed by atoms with van der Waals surface area (Å²) < 4.78 is 1.53. The topological polar surface area (TPSA) is 113 Å². The van der Waals surface area contributed by atoms with Gasteiger partial charge in [-0.2, -0.15) is 0 Å². The Morgan fingerprint density at radius 1 is 1.53 bits per heavy atom.